The second-order valence-electron chi connectivity index (χ2n) is 11.7. The highest BCUT2D eigenvalue weighted by molar-refractivity contribution is 6.00. The zero-order valence-corrected chi connectivity index (χ0v) is 23.5. The lowest BCUT2D eigenvalue weighted by Gasteiger charge is -2.31. The number of halogens is 3. The van der Waals surface area contributed by atoms with Gasteiger partial charge < -0.3 is 30.3 Å². The molecule has 3 N–H and O–H groups in total. The molecular formula is C30H32F3N7O3. The second-order valence-corrected chi connectivity index (χ2v) is 11.7. The summed E-state index contributed by atoms with van der Waals surface area (Å²) in [5.41, 5.74) is 5.56. The third-order valence-corrected chi connectivity index (χ3v) is 8.97. The average molecular weight is 596 g/mol. The summed E-state index contributed by atoms with van der Waals surface area (Å²) >= 11 is 0. The molecular weight excluding hydrogens is 563 g/mol. The first kappa shape index (κ1) is 27.8. The van der Waals surface area contributed by atoms with Crippen molar-refractivity contribution >= 4 is 28.6 Å². The fraction of sp³-hybridized carbons (Fsp3) is 0.467. The molecule has 7 rings (SSSR count). The van der Waals surface area contributed by atoms with Crippen LogP contribution >= 0.6 is 0 Å². The summed E-state index contributed by atoms with van der Waals surface area (Å²) in [6, 6.07) is 2.11. The van der Waals surface area contributed by atoms with E-state index in [1.54, 1.807) is 0 Å². The fourth-order valence-corrected chi connectivity index (χ4v) is 6.97. The lowest BCUT2D eigenvalue weighted by atomic mass is 9.94. The zero-order valence-electron chi connectivity index (χ0n) is 23.5. The Morgan fingerprint density at radius 1 is 1.21 bits per heavy atom. The molecule has 13 heteroatoms. The third kappa shape index (κ3) is 4.56. The van der Waals surface area contributed by atoms with E-state index in [9.17, 15) is 8.78 Å². The van der Waals surface area contributed by atoms with Gasteiger partial charge in [-0.1, -0.05) is 18.2 Å². The topological polar surface area (TPSA) is 123 Å². The predicted molar refractivity (Wildman–Crippen MR) is 155 cm³/mol. The number of ether oxygens (including phenoxy) is 3. The number of aromatic nitrogens is 3. The van der Waals surface area contributed by atoms with Gasteiger partial charge in [-0.05, 0) is 38.3 Å². The number of nitrogens with one attached hydrogen (secondary N) is 1. The smallest absolute Gasteiger partial charge is 0.319 e. The molecule has 0 spiro atoms. The lowest BCUT2D eigenvalue weighted by molar-refractivity contribution is 0.108. The number of nitrogens with two attached hydrogens (primary N) is 1. The second kappa shape index (κ2) is 10.6. The fourth-order valence-electron chi connectivity index (χ4n) is 6.97. The first-order chi connectivity index (χ1) is 20.8. The molecule has 3 saturated heterocycles. The van der Waals surface area contributed by atoms with Gasteiger partial charge in [0.25, 0.3) is 6.43 Å². The Morgan fingerprint density at radius 2 is 2.07 bits per heavy atom. The predicted octanol–water partition coefficient (Wildman–Crippen LogP) is 4.51. The minimum Gasteiger partial charge on any atom is -0.475 e. The first-order valence-corrected chi connectivity index (χ1v) is 14.4. The van der Waals surface area contributed by atoms with Crippen LogP contribution in [0.2, 0.25) is 0 Å². The molecule has 3 aromatic rings. The molecule has 0 aliphatic carbocycles. The van der Waals surface area contributed by atoms with Crippen LogP contribution in [0.5, 0.6) is 11.9 Å². The Hall–Kier alpha value is -3.97. The molecule has 2 atom stereocenters. The zero-order chi connectivity index (χ0) is 29.9. The number of benzene rings is 1. The summed E-state index contributed by atoms with van der Waals surface area (Å²) in [5, 5.41) is 8.12. The lowest BCUT2D eigenvalue weighted by Crippen LogP contribution is -2.43. The minimum atomic E-state index is -2.98. The maximum atomic E-state index is 16.7. The number of nitrogen functional groups attached to an aromatic ring is 1. The van der Waals surface area contributed by atoms with Crippen molar-refractivity contribution in [3.05, 3.63) is 41.2 Å². The molecule has 4 aliphatic rings. The van der Waals surface area contributed by atoms with Crippen LogP contribution in [0.4, 0.5) is 24.7 Å². The number of pyridine rings is 1. The van der Waals surface area contributed by atoms with Crippen molar-refractivity contribution in [3.63, 3.8) is 0 Å². The van der Waals surface area contributed by atoms with Crippen LogP contribution in [0.15, 0.2) is 24.3 Å². The Balaban J connectivity index is 1.42. The van der Waals surface area contributed by atoms with Gasteiger partial charge in [-0.3, -0.25) is 4.90 Å². The standard InChI is InChI=1S/C30H32F3N7O3/c1-16-10-30(6-2-7-39(30)12-16)15-43-29-37-25-22-27(38-29)40-8-3-9-41-13-17(40)14-42-28(22)36-24(23(25)31)21-18(26(32)33)4-5-20(35)19(21)11-34/h4-5,11,17,26,34H,1-3,6-10,12-15,35H2/t17-,30-/m0/s1. The van der Waals surface area contributed by atoms with Gasteiger partial charge >= 0.3 is 6.01 Å². The summed E-state index contributed by atoms with van der Waals surface area (Å²) in [6.45, 7) is 7.88. The quantitative estimate of drug-likeness (QED) is 0.241. The van der Waals surface area contributed by atoms with Crippen molar-refractivity contribution in [1.29, 1.82) is 5.41 Å². The summed E-state index contributed by atoms with van der Waals surface area (Å²) in [7, 11) is 0. The van der Waals surface area contributed by atoms with Crippen molar-refractivity contribution in [3.8, 4) is 23.1 Å². The van der Waals surface area contributed by atoms with Gasteiger partial charge in [0.1, 0.15) is 35.6 Å². The largest absolute Gasteiger partial charge is 0.475 e. The van der Waals surface area contributed by atoms with Crippen molar-refractivity contribution in [2.45, 2.75) is 43.7 Å². The van der Waals surface area contributed by atoms with E-state index in [2.05, 4.69) is 21.4 Å². The van der Waals surface area contributed by atoms with E-state index in [-0.39, 0.29) is 57.8 Å². The van der Waals surface area contributed by atoms with Crippen LogP contribution in [-0.2, 0) is 4.74 Å². The molecule has 0 saturated carbocycles. The highest BCUT2D eigenvalue weighted by Crippen LogP contribution is 2.45. The molecule has 2 aromatic heterocycles. The van der Waals surface area contributed by atoms with E-state index >= 15 is 4.39 Å². The highest BCUT2D eigenvalue weighted by Gasteiger charge is 2.46. The number of fused-ring (bicyclic) bond motifs is 3. The number of alkyl halides is 2. The summed E-state index contributed by atoms with van der Waals surface area (Å²) < 4.78 is 63.3. The van der Waals surface area contributed by atoms with Gasteiger partial charge in [0.15, 0.2) is 5.82 Å². The van der Waals surface area contributed by atoms with Crippen LogP contribution in [-0.4, -0.2) is 83.7 Å². The third-order valence-electron chi connectivity index (χ3n) is 8.97. The van der Waals surface area contributed by atoms with Crippen LogP contribution in [0.3, 0.4) is 0 Å². The molecule has 226 valence electrons. The molecule has 0 unspecified atom stereocenters. The van der Waals surface area contributed by atoms with E-state index in [1.165, 1.54) is 6.07 Å². The Labute approximate surface area is 246 Å². The number of rotatable bonds is 6. The van der Waals surface area contributed by atoms with E-state index < -0.39 is 23.5 Å². The summed E-state index contributed by atoms with van der Waals surface area (Å²) in [5.74, 6) is -0.551. The first-order valence-electron chi connectivity index (χ1n) is 14.4. The maximum absolute atomic E-state index is 16.7. The molecule has 3 fully saturated rings. The van der Waals surface area contributed by atoms with Gasteiger partial charge in [-0.15, -0.1) is 0 Å². The van der Waals surface area contributed by atoms with Gasteiger partial charge in [0.2, 0.25) is 5.88 Å². The van der Waals surface area contributed by atoms with Gasteiger partial charge in [0.05, 0.1) is 18.2 Å². The van der Waals surface area contributed by atoms with Crippen LogP contribution < -0.4 is 20.1 Å². The van der Waals surface area contributed by atoms with Crippen molar-refractivity contribution in [1.82, 2.24) is 19.9 Å². The van der Waals surface area contributed by atoms with E-state index in [0.717, 1.165) is 50.2 Å². The monoisotopic (exact) mass is 595 g/mol. The van der Waals surface area contributed by atoms with Crippen molar-refractivity contribution < 1.29 is 27.4 Å². The van der Waals surface area contributed by atoms with Crippen LogP contribution in [0, 0.1) is 11.2 Å². The van der Waals surface area contributed by atoms with Gasteiger partial charge in [0, 0.05) is 48.3 Å². The van der Waals surface area contributed by atoms with Crippen molar-refractivity contribution in [2.75, 3.05) is 56.7 Å². The van der Waals surface area contributed by atoms with E-state index in [4.69, 9.17) is 30.3 Å². The maximum Gasteiger partial charge on any atom is 0.319 e. The van der Waals surface area contributed by atoms with Crippen LogP contribution in [0.25, 0.3) is 22.2 Å². The molecule has 4 aliphatic heterocycles. The molecule has 43 heavy (non-hydrogen) atoms. The van der Waals surface area contributed by atoms with E-state index in [0.29, 0.717) is 38.6 Å². The number of anilines is 2. The molecule has 6 heterocycles. The number of hydrogen-bond acceptors (Lipinski definition) is 10. The molecule has 0 radical (unpaired) electrons. The van der Waals surface area contributed by atoms with E-state index in [1.807, 2.05) is 4.90 Å². The Bertz CT molecular complexity index is 1640. The van der Waals surface area contributed by atoms with Crippen molar-refractivity contribution in [2.24, 2.45) is 0 Å². The number of nitrogens with zero attached hydrogens (tertiary/aromatic N) is 5. The van der Waals surface area contributed by atoms with Gasteiger partial charge in [-0.25, -0.2) is 18.2 Å². The Kier molecular flexibility index (Phi) is 6.88. The molecule has 10 nitrogen and oxygen atoms in total. The number of hydrogen-bond donors (Lipinski definition) is 2. The van der Waals surface area contributed by atoms with Gasteiger partial charge in [-0.2, -0.15) is 9.97 Å². The van der Waals surface area contributed by atoms with Crippen LogP contribution in [0.1, 0.15) is 43.2 Å². The summed E-state index contributed by atoms with van der Waals surface area (Å²) in [4.78, 5) is 18.1. The highest BCUT2D eigenvalue weighted by atomic mass is 19.3. The average Bonchev–Trinajstić information content (AvgIpc) is 3.34. The minimum absolute atomic E-state index is 0.00671. The molecule has 1 aromatic carbocycles. The Morgan fingerprint density at radius 3 is 2.88 bits per heavy atom. The SMILES string of the molecule is C=C1CN2CCC[C@@]2(COc2nc3c4c(nc(-c5c(C(F)F)ccc(N)c5C=N)c(F)c4n2)OC[C@@H]2COCCCN32)C1. The molecule has 0 amide bonds. The molecule has 0 bridgehead atoms. The normalized spacial score (nSPS) is 23.6. The summed E-state index contributed by atoms with van der Waals surface area (Å²) in [6.07, 6.45) is 1.35.